The molecule has 8 heteroatoms. The second kappa shape index (κ2) is 5.79. The van der Waals surface area contributed by atoms with Gasteiger partial charge in [-0.2, -0.15) is 0 Å². The number of carbonyl (C=O) groups excluding carboxylic acids is 4. The molecule has 0 saturated carbocycles. The molecule has 2 bridgehead atoms. The molecule has 0 radical (unpaired) electrons. The minimum absolute atomic E-state index is 0.248. The van der Waals surface area contributed by atoms with E-state index >= 15 is 0 Å². The smallest absolute Gasteiger partial charge is 0.255 e. The molecule has 0 N–H and O–H groups in total. The van der Waals surface area contributed by atoms with Gasteiger partial charge in [-0.25, -0.2) is 0 Å². The van der Waals surface area contributed by atoms with Gasteiger partial charge in [0, 0.05) is 30.7 Å². The van der Waals surface area contributed by atoms with Crippen LogP contribution in [0.4, 0.5) is 0 Å². The molecule has 142 valence electrons. The van der Waals surface area contributed by atoms with Crippen molar-refractivity contribution in [2.75, 3.05) is 20.1 Å². The molecule has 3 saturated heterocycles. The van der Waals surface area contributed by atoms with Gasteiger partial charge in [-0.15, -0.1) is 0 Å². The SMILES string of the molecule is CCN1C[C@@H]2[C@@H]3C(=O)N(C)C(=O)[C@@H]3[C@](C)(C1=O)N2C(=O)c1ccc(Cl)cc1. The molecule has 0 unspecified atom stereocenters. The van der Waals surface area contributed by atoms with Crippen LogP contribution in [0.2, 0.25) is 5.02 Å². The Kier molecular flexibility index (Phi) is 3.86. The van der Waals surface area contributed by atoms with E-state index in [-0.39, 0.29) is 24.3 Å². The fraction of sp³-hybridized carbons (Fsp3) is 0.474. The highest BCUT2D eigenvalue weighted by Crippen LogP contribution is 2.52. The zero-order chi connectivity index (χ0) is 19.7. The van der Waals surface area contributed by atoms with Crippen LogP contribution in [0.5, 0.6) is 0 Å². The van der Waals surface area contributed by atoms with Crippen molar-refractivity contribution in [1.82, 2.24) is 14.7 Å². The highest BCUT2D eigenvalue weighted by Gasteiger charge is 2.73. The summed E-state index contributed by atoms with van der Waals surface area (Å²) < 4.78 is 0. The molecule has 0 aromatic heterocycles. The van der Waals surface area contributed by atoms with Crippen LogP contribution in [-0.2, 0) is 14.4 Å². The van der Waals surface area contributed by atoms with Gasteiger partial charge in [0.15, 0.2) is 0 Å². The Balaban J connectivity index is 1.85. The monoisotopic (exact) mass is 389 g/mol. The molecule has 7 nitrogen and oxygen atoms in total. The first-order valence-electron chi connectivity index (χ1n) is 8.93. The van der Waals surface area contributed by atoms with Crippen molar-refractivity contribution in [1.29, 1.82) is 0 Å². The molecule has 4 rings (SSSR count). The van der Waals surface area contributed by atoms with Crippen LogP contribution in [0.1, 0.15) is 24.2 Å². The number of nitrogens with zero attached hydrogens (tertiary/aromatic N) is 3. The van der Waals surface area contributed by atoms with E-state index in [9.17, 15) is 19.2 Å². The Morgan fingerprint density at radius 3 is 2.41 bits per heavy atom. The van der Waals surface area contributed by atoms with Crippen LogP contribution in [0.3, 0.4) is 0 Å². The van der Waals surface area contributed by atoms with Gasteiger partial charge in [-0.3, -0.25) is 24.1 Å². The number of halogens is 1. The van der Waals surface area contributed by atoms with E-state index in [4.69, 9.17) is 11.6 Å². The summed E-state index contributed by atoms with van der Waals surface area (Å²) in [7, 11) is 1.44. The molecule has 3 aliphatic heterocycles. The van der Waals surface area contributed by atoms with Crippen LogP contribution >= 0.6 is 11.6 Å². The van der Waals surface area contributed by atoms with Crippen molar-refractivity contribution < 1.29 is 19.2 Å². The van der Waals surface area contributed by atoms with Gasteiger partial charge < -0.3 is 9.80 Å². The number of piperazine rings is 1. The Bertz CT molecular complexity index is 870. The number of rotatable bonds is 2. The maximum Gasteiger partial charge on any atom is 0.255 e. The van der Waals surface area contributed by atoms with Crippen LogP contribution in [0.25, 0.3) is 0 Å². The first-order valence-corrected chi connectivity index (χ1v) is 9.31. The van der Waals surface area contributed by atoms with Gasteiger partial charge in [0.1, 0.15) is 5.54 Å². The van der Waals surface area contributed by atoms with E-state index in [0.717, 1.165) is 4.90 Å². The number of hydrogen-bond donors (Lipinski definition) is 0. The van der Waals surface area contributed by atoms with Gasteiger partial charge >= 0.3 is 0 Å². The predicted molar refractivity (Wildman–Crippen MR) is 96.8 cm³/mol. The third-order valence-electron chi connectivity index (χ3n) is 6.24. The number of likely N-dealkylation sites (N-methyl/N-ethyl adjacent to an activating group) is 1. The zero-order valence-electron chi connectivity index (χ0n) is 15.3. The molecule has 1 aromatic rings. The molecule has 3 heterocycles. The van der Waals surface area contributed by atoms with Gasteiger partial charge in [-0.1, -0.05) is 11.6 Å². The highest BCUT2D eigenvalue weighted by molar-refractivity contribution is 6.30. The maximum atomic E-state index is 13.3. The average Bonchev–Trinajstić information content (AvgIpc) is 3.01. The van der Waals surface area contributed by atoms with Crippen molar-refractivity contribution in [2.45, 2.75) is 25.4 Å². The summed E-state index contributed by atoms with van der Waals surface area (Å²) in [5.41, 5.74) is -1.00. The normalized spacial score (nSPS) is 32.4. The average molecular weight is 390 g/mol. The summed E-state index contributed by atoms with van der Waals surface area (Å²) in [6, 6.07) is 5.87. The molecule has 0 spiro atoms. The fourth-order valence-corrected chi connectivity index (χ4v) is 5.02. The third-order valence-corrected chi connectivity index (χ3v) is 6.50. The van der Waals surface area contributed by atoms with E-state index in [0.29, 0.717) is 17.1 Å². The molecular weight excluding hydrogens is 370 g/mol. The molecule has 4 amide bonds. The standard InChI is InChI=1S/C19H20ClN3O4/c1-4-22-9-12-13-14(17(26)21(3)16(13)25)19(2,18(22)27)23(12)15(24)10-5-7-11(20)8-6-10/h5-8,12-14H,4,9H2,1-3H3/t12-,13+,14-,19-/m1/s1. The highest BCUT2D eigenvalue weighted by atomic mass is 35.5. The lowest BCUT2D eigenvalue weighted by Gasteiger charge is -2.47. The second-order valence-electron chi connectivity index (χ2n) is 7.48. The fourth-order valence-electron chi connectivity index (χ4n) is 4.89. The van der Waals surface area contributed by atoms with E-state index in [1.807, 2.05) is 6.92 Å². The molecule has 0 aliphatic carbocycles. The number of hydrogen-bond acceptors (Lipinski definition) is 4. The van der Waals surface area contributed by atoms with E-state index in [1.54, 1.807) is 36.1 Å². The Hall–Kier alpha value is -2.41. The maximum absolute atomic E-state index is 13.3. The van der Waals surface area contributed by atoms with Crippen LogP contribution in [-0.4, -0.2) is 70.0 Å². The summed E-state index contributed by atoms with van der Waals surface area (Å²) in [4.78, 5) is 56.4. The zero-order valence-corrected chi connectivity index (χ0v) is 16.1. The Morgan fingerprint density at radius 1 is 1.19 bits per heavy atom. The lowest BCUT2D eigenvalue weighted by Crippen LogP contribution is -2.68. The predicted octanol–water partition coefficient (Wildman–Crippen LogP) is 1.02. The topological polar surface area (TPSA) is 78.0 Å². The van der Waals surface area contributed by atoms with E-state index in [1.165, 1.54) is 11.9 Å². The first-order chi connectivity index (χ1) is 12.7. The number of fused-ring (bicyclic) bond motifs is 5. The quantitative estimate of drug-likeness (QED) is 0.707. The van der Waals surface area contributed by atoms with Gasteiger partial charge in [-0.05, 0) is 38.1 Å². The molecular formula is C19H20ClN3O4. The summed E-state index contributed by atoms with van der Waals surface area (Å²) in [5.74, 6) is -2.90. The largest absolute Gasteiger partial charge is 0.339 e. The van der Waals surface area contributed by atoms with Crippen molar-refractivity contribution in [3.8, 4) is 0 Å². The molecule has 4 atom stereocenters. The van der Waals surface area contributed by atoms with Crippen LogP contribution in [0.15, 0.2) is 24.3 Å². The molecule has 1 aromatic carbocycles. The third kappa shape index (κ3) is 2.15. The number of benzene rings is 1. The van der Waals surface area contributed by atoms with Crippen LogP contribution < -0.4 is 0 Å². The first kappa shape index (κ1) is 18.0. The van der Waals surface area contributed by atoms with Crippen LogP contribution in [0, 0.1) is 11.8 Å². The lowest BCUT2D eigenvalue weighted by atomic mass is 9.81. The van der Waals surface area contributed by atoms with Crippen molar-refractivity contribution in [3.05, 3.63) is 34.9 Å². The second-order valence-corrected chi connectivity index (χ2v) is 7.92. The van der Waals surface area contributed by atoms with Gasteiger partial charge in [0.2, 0.25) is 17.7 Å². The molecule has 27 heavy (non-hydrogen) atoms. The van der Waals surface area contributed by atoms with Gasteiger partial charge in [0.05, 0.1) is 17.9 Å². The minimum atomic E-state index is -1.38. The number of imide groups is 1. The summed E-state index contributed by atoms with van der Waals surface area (Å²) >= 11 is 5.91. The van der Waals surface area contributed by atoms with Crippen molar-refractivity contribution in [3.63, 3.8) is 0 Å². The minimum Gasteiger partial charge on any atom is -0.339 e. The van der Waals surface area contributed by atoms with Crippen molar-refractivity contribution in [2.24, 2.45) is 11.8 Å². The molecule has 3 fully saturated rings. The Labute approximate surface area is 161 Å². The lowest BCUT2D eigenvalue weighted by molar-refractivity contribution is -0.154. The number of amides is 4. The molecule has 3 aliphatic rings. The van der Waals surface area contributed by atoms with Crippen molar-refractivity contribution >= 4 is 35.2 Å². The van der Waals surface area contributed by atoms with Gasteiger partial charge in [0.25, 0.3) is 5.91 Å². The number of carbonyl (C=O) groups is 4. The number of likely N-dealkylation sites (tertiary alicyclic amines) is 2. The Morgan fingerprint density at radius 2 is 1.81 bits per heavy atom. The summed E-state index contributed by atoms with van der Waals surface area (Å²) in [5, 5.41) is 0.497. The summed E-state index contributed by atoms with van der Waals surface area (Å²) in [6.45, 7) is 4.18. The van der Waals surface area contributed by atoms with E-state index < -0.39 is 29.3 Å². The summed E-state index contributed by atoms with van der Waals surface area (Å²) in [6.07, 6.45) is 0. The van der Waals surface area contributed by atoms with E-state index in [2.05, 4.69) is 0 Å².